The first-order valence-corrected chi connectivity index (χ1v) is 4.75. The van der Waals surface area contributed by atoms with Gasteiger partial charge in [-0.3, -0.25) is 0 Å². The SMILES string of the molecule is COC1C(C=O)OC(C)C(C)C1C. The Morgan fingerprint density at radius 3 is 2.31 bits per heavy atom. The summed E-state index contributed by atoms with van der Waals surface area (Å²) in [5.74, 6) is 0.796. The van der Waals surface area contributed by atoms with E-state index < -0.39 is 6.10 Å². The molecule has 0 aliphatic carbocycles. The lowest BCUT2D eigenvalue weighted by Crippen LogP contribution is -2.49. The zero-order valence-electron chi connectivity index (χ0n) is 8.69. The second-order valence-corrected chi connectivity index (χ2v) is 3.86. The third-order valence-corrected chi connectivity index (χ3v) is 3.19. The van der Waals surface area contributed by atoms with Crippen LogP contribution in [0.4, 0.5) is 0 Å². The molecule has 1 rings (SSSR count). The fourth-order valence-electron chi connectivity index (χ4n) is 1.93. The second-order valence-electron chi connectivity index (χ2n) is 3.86. The van der Waals surface area contributed by atoms with Gasteiger partial charge in [-0.05, 0) is 18.8 Å². The van der Waals surface area contributed by atoms with Gasteiger partial charge in [-0.15, -0.1) is 0 Å². The van der Waals surface area contributed by atoms with E-state index in [1.807, 2.05) is 6.92 Å². The second kappa shape index (κ2) is 4.20. The Balaban J connectivity index is 2.74. The van der Waals surface area contributed by atoms with Crippen molar-refractivity contribution < 1.29 is 14.3 Å². The number of carbonyl (C=O) groups is 1. The Bertz CT molecular complexity index is 181. The summed E-state index contributed by atoms with van der Waals surface area (Å²) in [6.07, 6.45) is 0.485. The third-order valence-electron chi connectivity index (χ3n) is 3.19. The molecule has 1 saturated heterocycles. The minimum Gasteiger partial charge on any atom is -0.378 e. The maximum atomic E-state index is 10.7. The van der Waals surface area contributed by atoms with Crippen LogP contribution in [0.2, 0.25) is 0 Å². The van der Waals surface area contributed by atoms with Crippen molar-refractivity contribution in [3.8, 4) is 0 Å². The smallest absolute Gasteiger partial charge is 0.151 e. The molecule has 0 bridgehead atoms. The van der Waals surface area contributed by atoms with Gasteiger partial charge in [-0.1, -0.05) is 13.8 Å². The van der Waals surface area contributed by atoms with Crippen LogP contribution in [-0.4, -0.2) is 31.7 Å². The quantitative estimate of drug-likeness (QED) is 0.609. The molecule has 1 aliphatic heterocycles. The number of rotatable bonds is 2. The molecule has 3 nitrogen and oxygen atoms in total. The number of hydrogen-bond acceptors (Lipinski definition) is 3. The van der Waals surface area contributed by atoms with Gasteiger partial charge in [0.1, 0.15) is 6.10 Å². The van der Waals surface area contributed by atoms with Gasteiger partial charge in [0.05, 0.1) is 12.2 Å². The summed E-state index contributed by atoms with van der Waals surface area (Å²) in [4.78, 5) is 10.7. The van der Waals surface area contributed by atoms with E-state index in [9.17, 15) is 4.79 Å². The molecule has 0 aromatic carbocycles. The summed E-state index contributed by atoms with van der Waals surface area (Å²) in [5, 5.41) is 0. The molecule has 0 aromatic rings. The van der Waals surface area contributed by atoms with Crippen LogP contribution in [0.15, 0.2) is 0 Å². The van der Waals surface area contributed by atoms with Crippen molar-refractivity contribution in [2.75, 3.05) is 7.11 Å². The highest BCUT2D eigenvalue weighted by Gasteiger charge is 2.39. The lowest BCUT2D eigenvalue weighted by molar-refractivity contribution is -0.173. The van der Waals surface area contributed by atoms with Gasteiger partial charge in [0.25, 0.3) is 0 Å². The van der Waals surface area contributed by atoms with Crippen LogP contribution in [-0.2, 0) is 14.3 Å². The highest BCUT2D eigenvalue weighted by atomic mass is 16.5. The average Bonchev–Trinajstić information content (AvgIpc) is 2.13. The first kappa shape index (κ1) is 10.7. The van der Waals surface area contributed by atoms with Crippen molar-refractivity contribution in [1.29, 1.82) is 0 Å². The predicted octanol–water partition coefficient (Wildman–Crippen LogP) is 1.26. The van der Waals surface area contributed by atoms with Crippen LogP contribution in [0.5, 0.6) is 0 Å². The average molecular weight is 186 g/mol. The standard InChI is InChI=1S/C10H18O3/c1-6-7(2)10(12-4)9(5-11)13-8(6)3/h5-10H,1-4H3. The fourth-order valence-corrected chi connectivity index (χ4v) is 1.93. The normalized spacial score (nSPS) is 46.0. The maximum Gasteiger partial charge on any atom is 0.151 e. The molecule has 0 aromatic heterocycles. The van der Waals surface area contributed by atoms with Crippen LogP contribution >= 0.6 is 0 Å². The lowest BCUT2D eigenvalue weighted by Gasteiger charge is -2.41. The Morgan fingerprint density at radius 2 is 1.85 bits per heavy atom. The molecule has 0 N–H and O–H groups in total. The molecular formula is C10H18O3. The molecule has 0 radical (unpaired) electrons. The van der Waals surface area contributed by atoms with Gasteiger partial charge >= 0.3 is 0 Å². The van der Waals surface area contributed by atoms with E-state index in [2.05, 4.69) is 13.8 Å². The Morgan fingerprint density at radius 1 is 1.23 bits per heavy atom. The summed E-state index contributed by atoms with van der Waals surface area (Å²) in [5.41, 5.74) is 0. The molecule has 0 spiro atoms. The van der Waals surface area contributed by atoms with Gasteiger partial charge in [-0.25, -0.2) is 0 Å². The van der Waals surface area contributed by atoms with E-state index in [4.69, 9.17) is 9.47 Å². The van der Waals surface area contributed by atoms with Crippen molar-refractivity contribution in [1.82, 2.24) is 0 Å². The van der Waals surface area contributed by atoms with E-state index in [1.165, 1.54) is 0 Å². The maximum absolute atomic E-state index is 10.7. The van der Waals surface area contributed by atoms with Gasteiger partial charge in [0.2, 0.25) is 0 Å². The van der Waals surface area contributed by atoms with Crippen molar-refractivity contribution in [3.63, 3.8) is 0 Å². The molecule has 5 unspecified atom stereocenters. The summed E-state index contributed by atoms with van der Waals surface area (Å²) < 4.78 is 10.8. The van der Waals surface area contributed by atoms with E-state index in [1.54, 1.807) is 7.11 Å². The number of ether oxygens (including phenoxy) is 2. The summed E-state index contributed by atoms with van der Waals surface area (Å²) in [7, 11) is 1.63. The molecule has 0 saturated carbocycles. The van der Waals surface area contributed by atoms with Crippen molar-refractivity contribution in [2.24, 2.45) is 11.8 Å². The van der Waals surface area contributed by atoms with Gasteiger partial charge < -0.3 is 14.3 Å². The van der Waals surface area contributed by atoms with Gasteiger partial charge in [-0.2, -0.15) is 0 Å². The minimum absolute atomic E-state index is 0.0938. The molecule has 1 fully saturated rings. The van der Waals surface area contributed by atoms with Crippen molar-refractivity contribution in [2.45, 2.75) is 39.1 Å². The topological polar surface area (TPSA) is 35.5 Å². The first-order valence-electron chi connectivity index (χ1n) is 4.75. The molecule has 5 atom stereocenters. The number of hydrogen-bond donors (Lipinski definition) is 0. The van der Waals surface area contributed by atoms with Crippen LogP contribution in [0, 0.1) is 11.8 Å². The van der Waals surface area contributed by atoms with Crippen LogP contribution in [0.25, 0.3) is 0 Å². The highest BCUT2D eigenvalue weighted by molar-refractivity contribution is 5.57. The molecule has 3 heteroatoms. The monoisotopic (exact) mass is 186 g/mol. The molecule has 0 amide bonds. The van der Waals surface area contributed by atoms with E-state index >= 15 is 0 Å². The van der Waals surface area contributed by atoms with Crippen LogP contribution in [0.1, 0.15) is 20.8 Å². The number of carbonyl (C=O) groups excluding carboxylic acids is 1. The van der Waals surface area contributed by atoms with Gasteiger partial charge in [0.15, 0.2) is 6.29 Å². The Kier molecular flexibility index (Phi) is 3.45. The lowest BCUT2D eigenvalue weighted by atomic mass is 9.82. The molecule has 1 heterocycles. The largest absolute Gasteiger partial charge is 0.378 e. The fraction of sp³-hybridized carbons (Fsp3) is 0.900. The zero-order valence-corrected chi connectivity index (χ0v) is 8.69. The predicted molar refractivity (Wildman–Crippen MR) is 49.5 cm³/mol. The number of aldehydes is 1. The Labute approximate surface area is 79.4 Å². The van der Waals surface area contributed by atoms with E-state index in [-0.39, 0.29) is 12.2 Å². The third kappa shape index (κ3) is 1.92. The number of methoxy groups -OCH3 is 1. The summed E-state index contributed by atoms with van der Waals surface area (Å²) in [6, 6.07) is 0. The van der Waals surface area contributed by atoms with E-state index in [0.29, 0.717) is 11.8 Å². The molecule has 13 heavy (non-hydrogen) atoms. The first-order chi connectivity index (χ1) is 6.11. The molecule has 1 aliphatic rings. The summed E-state index contributed by atoms with van der Waals surface area (Å²) in [6.45, 7) is 6.24. The molecular weight excluding hydrogens is 168 g/mol. The van der Waals surface area contributed by atoms with Crippen molar-refractivity contribution in [3.05, 3.63) is 0 Å². The highest BCUT2D eigenvalue weighted by Crippen LogP contribution is 2.31. The van der Waals surface area contributed by atoms with E-state index in [0.717, 1.165) is 6.29 Å². The Hall–Kier alpha value is -0.410. The van der Waals surface area contributed by atoms with Crippen LogP contribution < -0.4 is 0 Å². The van der Waals surface area contributed by atoms with Crippen LogP contribution in [0.3, 0.4) is 0 Å². The van der Waals surface area contributed by atoms with Gasteiger partial charge in [0, 0.05) is 7.11 Å². The summed E-state index contributed by atoms with van der Waals surface area (Å²) >= 11 is 0. The zero-order chi connectivity index (χ0) is 10.0. The minimum atomic E-state index is -0.397. The molecule has 76 valence electrons. The van der Waals surface area contributed by atoms with Crippen molar-refractivity contribution >= 4 is 6.29 Å².